The lowest BCUT2D eigenvalue weighted by Crippen LogP contribution is -2.60. The number of aliphatic hydroxyl groups excluding tert-OH is 1. The lowest BCUT2D eigenvalue weighted by atomic mass is 9.87. The Bertz CT molecular complexity index is 531. The summed E-state index contributed by atoms with van der Waals surface area (Å²) < 4.78 is 0. The predicted octanol–water partition coefficient (Wildman–Crippen LogP) is -0.667. The molecule has 3 aliphatic rings. The van der Waals surface area contributed by atoms with Crippen LogP contribution in [0.3, 0.4) is 0 Å². The first-order chi connectivity index (χ1) is 12.3. The molecule has 3 aliphatic heterocycles. The van der Waals surface area contributed by atoms with Crippen molar-refractivity contribution < 1.29 is 14.7 Å². The zero-order valence-corrected chi connectivity index (χ0v) is 15.9. The van der Waals surface area contributed by atoms with E-state index in [1.54, 1.807) is 19.0 Å². The number of piperidine rings is 1. The zero-order valence-electron chi connectivity index (χ0n) is 15.9. The van der Waals surface area contributed by atoms with Gasteiger partial charge in [-0.15, -0.1) is 0 Å². The van der Waals surface area contributed by atoms with E-state index in [1.807, 2.05) is 4.90 Å². The molecule has 1 radical (unpaired) electrons. The van der Waals surface area contributed by atoms with Gasteiger partial charge in [0.25, 0.3) is 0 Å². The minimum Gasteiger partial charge on any atom is -0.390 e. The van der Waals surface area contributed by atoms with Gasteiger partial charge in [0.05, 0.1) is 6.10 Å². The summed E-state index contributed by atoms with van der Waals surface area (Å²) in [6.07, 6.45) is 5.07. The van der Waals surface area contributed by atoms with E-state index >= 15 is 0 Å². The molecule has 0 aromatic rings. The number of primary amides is 1. The molecule has 147 valence electrons. The number of piperazine rings is 1. The van der Waals surface area contributed by atoms with Crippen LogP contribution in [0.25, 0.3) is 0 Å². The van der Waals surface area contributed by atoms with Gasteiger partial charge in [-0.2, -0.15) is 0 Å². The van der Waals surface area contributed by atoms with Crippen LogP contribution in [-0.4, -0.2) is 108 Å². The van der Waals surface area contributed by atoms with Crippen LogP contribution in [0.1, 0.15) is 25.7 Å². The van der Waals surface area contributed by atoms with Crippen molar-refractivity contribution in [1.82, 2.24) is 19.6 Å². The predicted molar refractivity (Wildman–Crippen MR) is 98.3 cm³/mol. The first-order valence-corrected chi connectivity index (χ1v) is 9.58. The third kappa shape index (κ3) is 3.68. The summed E-state index contributed by atoms with van der Waals surface area (Å²) in [6, 6.07) is 0.357. The van der Waals surface area contributed by atoms with E-state index in [0.717, 1.165) is 32.4 Å². The van der Waals surface area contributed by atoms with Crippen LogP contribution in [0.2, 0.25) is 0 Å². The summed E-state index contributed by atoms with van der Waals surface area (Å²) in [4.78, 5) is 31.9. The number of β-amino-alcohol motifs (C(OH)–C–C–N with tert-alkyl or cyclic N) is 1. The Kier molecular flexibility index (Phi) is 5.74. The molecule has 3 N–H and O–H groups in total. The minimum atomic E-state index is -0.597. The van der Waals surface area contributed by atoms with Gasteiger partial charge in [0.1, 0.15) is 5.54 Å². The summed E-state index contributed by atoms with van der Waals surface area (Å²) in [5, 5.41) is 10.6. The van der Waals surface area contributed by atoms with Gasteiger partial charge in [0.15, 0.2) is 0 Å². The highest BCUT2D eigenvalue weighted by molar-refractivity contribution is 5.85. The van der Waals surface area contributed by atoms with Crippen LogP contribution in [0.15, 0.2) is 0 Å². The Labute approximate surface area is 155 Å². The number of nitrogens with zero attached hydrogens (tertiary/aromatic N) is 4. The molecule has 8 heteroatoms. The van der Waals surface area contributed by atoms with Crippen molar-refractivity contribution in [2.24, 2.45) is 5.73 Å². The first kappa shape index (κ1) is 19.4. The highest BCUT2D eigenvalue weighted by Crippen LogP contribution is 2.43. The van der Waals surface area contributed by atoms with Crippen molar-refractivity contribution in [3.63, 3.8) is 0 Å². The Morgan fingerprint density at radius 3 is 2.58 bits per heavy atom. The third-order valence-corrected chi connectivity index (χ3v) is 6.16. The quantitative estimate of drug-likeness (QED) is 0.673. The van der Waals surface area contributed by atoms with Crippen LogP contribution in [0.5, 0.6) is 0 Å². The molecule has 2 bridgehead atoms. The van der Waals surface area contributed by atoms with Crippen LogP contribution in [-0.2, 0) is 4.79 Å². The van der Waals surface area contributed by atoms with Crippen molar-refractivity contribution >= 4 is 11.9 Å². The smallest absolute Gasteiger partial charge is 0.319 e. The number of carbonyl (C=O) groups excluding carboxylic acids is 2. The third-order valence-electron chi connectivity index (χ3n) is 6.16. The first-order valence-electron chi connectivity index (χ1n) is 9.58. The lowest BCUT2D eigenvalue weighted by Gasteiger charge is -2.44. The summed E-state index contributed by atoms with van der Waals surface area (Å²) in [5.74, 6) is -0.265. The Morgan fingerprint density at radius 2 is 1.96 bits per heavy atom. The molecule has 26 heavy (non-hydrogen) atoms. The molecular formula is C18H32N5O3. The fourth-order valence-corrected chi connectivity index (χ4v) is 4.71. The van der Waals surface area contributed by atoms with Gasteiger partial charge in [-0.25, -0.2) is 4.79 Å². The number of rotatable bonds is 5. The Balaban J connectivity index is 1.51. The number of hydrogen-bond acceptors (Lipinski definition) is 5. The van der Waals surface area contributed by atoms with Gasteiger partial charge >= 0.3 is 6.03 Å². The normalized spacial score (nSPS) is 31.0. The fraction of sp³-hybridized carbons (Fsp3) is 0.833. The topological polar surface area (TPSA) is 93.4 Å². The van der Waals surface area contributed by atoms with Crippen molar-refractivity contribution in [3.05, 3.63) is 6.42 Å². The lowest BCUT2D eigenvalue weighted by molar-refractivity contribution is -0.131. The fourth-order valence-electron chi connectivity index (χ4n) is 4.71. The van der Waals surface area contributed by atoms with Gasteiger partial charge in [0.2, 0.25) is 5.91 Å². The molecule has 0 spiro atoms. The van der Waals surface area contributed by atoms with Crippen LogP contribution in [0, 0.1) is 6.42 Å². The second-order valence-electron chi connectivity index (χ2n) is 8.09. The molecule has 3 fully saturated rings. The number of hydrogen-bond donors (Lipinski definition) is 2. The standard InChI is InChI=1S/C18H32N5O3/c1-20(2)17(26)22-10-8-21(9-11-22)12-15(24)13-23-14-4-3-6-18(23,7-5-14)16(19)25/h3,14-15,24H,4-13H2,1-2H3,(H2,19,25)/t14-,15?,18+/m1/s1. The average Bonchev–Trinajstić information content (AvgIpc) is 2.80. The number of fused-ring (bicyclic) bond motifs is 2. The molecule has 3 amide bonds. The van der Waals surface area contributed by atoms with Gasteiger partial charge < -0.3 is 20.6 Å². The van der Waals surface area contributed by atoms with Gasteiger partial charge in [-0.3, -0.25) is 14.6 Å². The van der Waals surface area contributed by atoms with Gasteiger partial charge in [-0.1, -0.05) is 0 Å². The van der Waals surface area contributed by atoms with Crippen LogP contribution >= 0.6 is 0 Å². The minimum absolute atomic E-state index is 0.0368. The number of aliphatic hydroxyl groups is 1. The summed E-state index contributed by atoms with van der Waals surface area (Å²) >= 11 is 0. The zero-order chi connectivity index (χ0) is 18.9. The van der Waals surface area contributed by atoms with Crippen molar-refractivity contribution in [2.45, 2.75) is 43.4 Å². The number of carbonyl (C=O) groups is 2. The molecule has 1 unspecified atom stereocenters. The molecule has 3 rings (SSSR count). The van der Waals surface area contributed by atoms with E-state index in [0.29, 0.717) is 38.6 Å². The maximum absolute atomic E-state index is 12.1. The second kappa shape index (κ2) is 7.70. The largest absolute Gasteiger partial charge is 0.390 e. The van der Waals surface area contributed by atoms with Crippen molar-refractivity contribution in [3.8, 4) is 0 Å². The molecule has 0 saturated carbocycles. The maximum Gasteiger partial charge on any atom is 0.319 e. The SMILES string of the molecule is CN(C)C(=O)N1CCN(CC(O)CN2[C@@H]3C[CH]C[C@@]2(C(N)=O)CC3)CC1. The van der Waals surface area contributed by atoms with E-state index in [9.17, 15) is 14.7 Å². The van der Waals surface area contributed by atoms with Crippen molar-refractivity contribution in [1.29, 1.82) is 0 Å². The highest BCUT2D eigenvalue weighted by Gasteiger charge is 2.52. The van der Waals surface area contributed by atoms with Gasteiger partial charge in [-0.05, 0) is 32.1 Å². The highest BCUT2D eigenvalue weighted by atomic mass is 16.3. The molecule has 0 aromatic heterocycles. The Morgan fingerprint density at radius 1 is 1.27 bits per heavy atom. The average molecular weight is 366 g/mol. The van der Waals surface area contributed by atoms with Gasteiger partial charge in [0, 0.05) is 59.4 Å². The number of nitrogens with two attached hydrogens (primary N) is 1. The molecule has 0 aromatic carbocycles. The summed E-state index contributed by atoms with van der Waals surface area (Å²) in [5.41, 5.74) is 5.13. The number of amides is 3. The van der Waals surface area contributed by atoms with E-state index < -0.39 is 11.6 Å². The Hall–Kier alpha value is -1.38. The van der Waals surface area contributed by atoms with E-state index in [2.05, 4.69) is 16.2 Å². The molecule has 3 atom stereocenters. The van der Waals surface area contributed by atoms with Crippen LogP contribution < -0.4 is 5.73 Å². The molecule has 3 saturated heterocycles. The maximum atomic E-state index is 12.1. The molecule has 8 nitrogen and oxygen atoms in total. The summed E-state index contributed by atoms with van der Waals surface area (Å²) in [6.45, 7) is 3.92. The molecule has 0 aliphatic carbocycles. The van der Waals surface area contributed by atoms with E-state index in [4.69, 9.17) is 5.73 Å². The molecular weight excluding hydrogens is 334 g/mol. The molecule has 3 heterocycles. The van der Waals surface area contributed by atoms with Crippen LogP contribution in [0.4, 0.5) is 4.79 Å². The number of urea groups is 1. The second-order valence-corrected chi connectivity index (χ2v) is 8.09. The van der Waals surface area contributed by atoms with E-state index in [1.165, 1.54) is 0 Å². The monoisotopic (exact) mass is 366 g/mol. The van der Waals surface area contributed by atoms with E-state index in [-0.39, 0.29) is 11.9 Å². The van der Waals surface area contributed by atoms with Crippen molar-refractivity contribution in [2.75, 3.05) is 53.4 Å². The summed E-state index contributed by atoms with van der Waals surface area (Å²) in [7, 11) is 3.52.